The third-order valence-electron chi connectivity index (χ3n) is 3.35. The van der Waals surface area contributed by atoms with Crippen molar-refractivity contribution in [3.8, 4) is 0 Å². The maximum Gasteiger partial charge on any atom is 0.418 e. The predicted octanol–water partition coefficient (Wildman–Crippen LogP) is 2.78. The number of methoxy groups -OCH3 is 1. The van der Waals surface area contributed by atoms with Crippen molar-refractivity contribution in [3.05, 3.63) is 33.1 Å². The summed E-state index contributed by atoms with van der Waals surface area (Å²) >= 11 is 0. The molecule has 0 aliphatic carbocycles. The second-order valence-corrected chi connectivity index (χ2v) is 6.75. The van der Waals surface area contributed by atoms with Crippen molar-refractivity contribution in [1.82, 2.24) is 4.98 Å². The van der Waals surface area contributed by atoms with Gasteiger partial charge in [0.05, 0.1) is 29.9 Å². The molecule has 1 heterocycles. The van der Waals surface area contributed by atoms with Gasteiger partial charge in [-0.2, -0.15) is 13.2 Å². The standard InChI is InChI=1S/C17H19F3N2O8/c1-6-29-13(23)10(14(24)30-16(2,3)4)11-8(17(18,19)20)7-9(22(26)27)12(21-11)15(25)28-5/h7,10H,6H2,1-5H3. The van der Waals surface area contributed by atoms with E-state index in [2.05, 4.69) is 14.5 Å². The molecule has 0 fully saturated rings. The number of nitrogens with zero attached hydrogens (tertiary/aromatic N) is 2. The molecule has 0 saturated carbocycles. The number of alkyl halides is 3. The quantitative estimate of drug-likeness (QED) is 0.217. The van der Waals surface area contributed by atoms with Crippen molar-refractivity contribution in [1.29, 1.82) is 0 Å². The number of carbonyl (C=O) groups excluding carboxylic acids is 3. The summed E-state index contributed by atoms with van der Waals surface area (Å²) in [6, 6.07) is 0.00514. The molecule has 1 aromatic heterocycles. The highest BCUT2D eigenvalue weighted by molar-refractivity contribution is 6.01. The third kappa shape index (κ3) is 5.87. The van der Waals surface area contributed by atoms with Crippen LogP contribution >= 0.6 is 0 Å². The van der Waals surface area contributed by atoms with E-state index in [1.807, 2.05) is 0 Å². The number of esters is 3. The Balaban J connectivity index is 3.91. The number of carbonyl (C=O) groups is 3. The summed E-state index contributed by atoms with van der Waals surface area (Å²) in [7, 11) is 0.821. The molecule has 0 aliphatic heterocycles. The van der Waals surface area contributed by atoms with Gasteiger partial charge >= 0.3 is 29.8 Å². The smallest absolute Gasteiger partial charge is 0.418 e. The Morgan fingerprint density at radius 3 is 2.17 bits per heavy atom. The van der Waals surface area contributed by atoms with Gasteiger partial charge in [-0.05, 0) is 27.7 Å². The molecule has 0 aromatic carbocycles. The lowest BCUT2D eigenvalue weighted by molar-refractivity contribution is -0.385. The van der Waals surface area contributed by atoms with Gasteiger partial charge in [0.2, 0.25) is 5.69 Å². The zero-order chi connectivity index (χ0) is 23.4. The molecule has 166 valence electrons. The highest BCUT2D eigenvalue weighted by Gasteiger charge is 2.46. The zero-order valence-electron chi connectivity index (χ0n) is 16.7. The van der Waals surface area contributed by atoms with Crippen molar-refractivity contribution in [2.45, 2.75) is 45.4 Å². The van der Waals surface area contributed by atoms with Crippen molar-refractivity contribution < 1.29 is 46.7 Å². The number of rotatable bonds is 6. The highest BCUT2D eigenvalue weighted by Crippen LogP contribution is 2.38. The van der Waals surface area contributed by atoms with Crippen LogP contribution in [-0.2, 0) is 30.0 Å². The van der Waals surface area contributed by atoms with E-state index in [1.165, 1.54) is 27.7 Å². The Morgan fingerprint density at radius 1 is 1.20 bits per heavy atom. The SMILES string of the molecule is CCOC(=O)C(C(=O)OC(C)(C)C)c1nc(C(=O)OC)c([N+](=O)[O-])cc1C(F)(F)F. The Kier molecular flexibility index (Phi) is 7.48. The Hall–Kier alpha value is -3.25. The van der Waals surface area contributed by atoms with E-state index in [-0.39, 0.29) is 12.7 Å². The largest absolute Gasteiger partial charge is 0.465 e. The molecule has 0 bridgehead atoms. The number of pyridine rings is 1. The first kappa shape index (κ1) is 24.8. The summed E-state index contributed by atoms with van der Waals surface area (Å²) in [5.74, 6) is -6.67. The summed E-state index contributed by atoms with van der Waals surface area (Å²) in [6.07, 6.45) is -5.27. The van der Waals surface area contributed by atoms with Crippen LogP contribution in [0, 0.1) is 10.1 Å². The number of halogens is 3. The molecular weight excluding hydrogens is 417 g/mol. The van der Waals surface area contributed by atoms with Gasteiger partial charge in [-0.1, -0.05) is 0 Å². The van der Waals surface area contributed by atoms with E-state index in [0.29, 0.717) is 0 Å². The van der Waals surface area contributed by atoms with Gasteiger partial charge in [0.1, 0.15) is 5.60 Å². The number of hydrogen-bond donors (Lipinski definition) is 0. The average Bonchev–Trinajstić information content (AvgIpc) is 2.58. The number of nitro groups is 1. The number of hydrogen-bond acceptors (Lipinski definition) is 9. The molecule has 13 heteroatoms. The van der Waals surface area contributed by atoms with Gasteiger partial charge < -0.3 is 14.2 Å². The monoisotopic (exact) mass is 436 g/mol. The van der Waals surface area contributed by atoms with Gasteiger partial charge in [0, 0.05) is 6.07 Å². The zero-order valence-corrected chi connectivity index (χ0v) is 16.7. The first-order valence-corrected chi connectivity index (χ1v) is 8.38. The van der Waals surface area contributed by atoms with Crippen LogP contribution in [0.4, 0.5) is 18.9 Å². The molecule has 0 spiro atoms. The van der Waals surface area contributed by atoms with Crippen LogP contribution in [0.5, 0.6) is 0 Å². The van der Waals surface area contributed by atoms with E-state index >= 15 is 0 Å². The van der Waals surface area contributed by atoms with E-state index in [9.17, 15) is 37.7 Å². The minimum absolute atomic E-state index is 0.00514. The molecular formula is C17H19F3N2O8. The van der Waals surface area contributed by atoms with Crippen LogP contribution < -0.4 is 0 Å². The first-order valence-electron chi connectivity index (χ1n) is 8.38. The minimum atomic E-state index is -5.27. The lowest BCUT2D eigenvalue weighted by Crippen LogP contribution is -2.34. The molecule has 30 heavy (non-hydrogen) atoms. The molecule has 0 radical (unpaired) electrons. The van der Waals surface area contributed by atoms with E-state index < -0.39 is 63.2 Å². The van der Waals surface area contributed by atoms with Crippen LogP contribution in [0.15, 0.2) is 6.07 Å². The Morgan fingerprint density at radius 2 is 1.77 bits per heavy atom. The first-order chi connectivity index (χ1) is 13.6. The van der Waals surface area contributed by atoms with Gasteiger partial charge in [0.15, 0.2) is 5.92 Å². The average molecular weight is 436 g/mol. The van der Waals surface area contributed by atoms with Crippen LogP contribution in [0.1, 0.15) is 55.4 Å². The van der Waals surface area contributed by atoms with Gasteiger partial charge in [-0.15, -0.1) is 0 Å². The predicted molar refractivity (Wildman–Crippen MR) is 92.5 cm³/mol. The molecule has 1 unspecified atom stereocenters. The molecule has 10 nitrogen and oxygen atoms in total. The molecule has 1 aromatic rings. The second-order valence-electron chi connectivity index (χ2n) is 6.75. The van der Waals surface area contributed by atoms with Crippen LogP contribution in [-0.4, -0.2) is 47.1 Å². The van der Waals surface area contributed by atoms with Crippen LogP contribution in [0.3, 0.4) is 0 Å². The summed E-state index contributed by atoms with van der Waals surface area (Å²) in [5, 5.41) is 11.2. The van der Waals surface area contributed by atoms with E-state index in [4.69, 9.17) is 4.74 Å². The topological polar surface area (TPSA) is 135 Å². The number of ether oxygens (including phenoxy) is 3. The lowest BCUT2D eigenvalue weighted by atomic mass is 9.97. The molecule has 1 atom stereocenters. The highest BCUT2D eigenvalue weighted by atomic mass is 19.4. The summed E-state index contributed by atoms with van der Waals surface area (Å²) < 4.78 is 54.9. The van der Waals surface area contributed by atoms with Gasteiger partial charge in [-0.25, -0.2) is 9.78 Å². The molecule has 0 N–H and O–H groups in total. The fourth-order valence-corrected chi connectivity index (χ4v) is 2.26. The van der Waals surface area contributed by atoms with E-state index in [1.54, 1.807) is 0 Å². The second kappa shape index (κ2) is 9.05. The normalized spacial score (nSPS) is 12.7. The fourth-order valence-electron chi connectivity index (χ4n) is 2.26. The minimum Gasteiger partial charge on any atom is -0.465 e. The van der Waals surface area contributed by atoms with Crippen molar-refractivity contribution in [3.63, 3.8) is 0 Å². The molecule has 1 rings (SSSR count). The van der Waals surface area contributed by atoms with Crippen molar-refractivity contribution in [2.75, 3.05) is 13.7 Å². The number of aromatic nitrogens is 1. The molecule has 0 saturated heterocycles. The maximum absolute atomic E-state index is 13.6. The Labute approximate surface area is 168 Å². The van der Waals surface area contributed by atoms with Crippen LogP contribution in [0.25, 0.3) is 0 Å². The van der Waals surface area contributed by atoms with E-state index in [0.717, 1.165) is 7.11 Å². The van der Waals surface area contributed by atoms with Gasteiger partial charge in [0.25, 0.3) is 0 Å². The summed E-state index contributed by atoms with van der Waals surface area (Å²) in [5.41, 5.74) is -6.69. The van der Waals surface area contributed by atoms with Crippen LogP contribution in [0.2, 0.25) is 0 Å². The van der Waals surface area contributed by atoms with Crippen molar-refractivity contribution in [2.24, 2.45) is 0 Å². The fraction of sp³-hybridized carbons (Fsp3) is 0.529. The molecule has 0 amide bonds. The van der Waals surface area contributed by atoms with Gasteiger partial charge in [-0.3, -0.25) is 19.7 Å². The Bertz CT molecular complexity index is 862. The maximum atomic E-state index is 13.6. The summed E-state index contributed by atoms with van der Waals surface area (Å²) in [4.78, 5) is 50.0. The molecule has 0 aliphatic rings. The van der Waals surface area contributed by atoms with Crippen molar-refractivity contribution >= 4 is 23.6 Å². The lowest BCUT2D eigenvalue weighted by Gasteiger charge is -2.24. The third-order valence-corrected chi connectivity index (χ3v) is 3.35. The summed E-state index contributed by atoms with van der Waals surface area (Å²) in [6.45, 7) is 5.26.